The molecule has 0 saturated heterocycles. The molecule has 18 heavy (non-hydrogen) atoms. The Morgan fingerprint density at radius 2 is 1.94 bits per heavy atom. The number of benzene rings is 1. The smallest absolute Gasteiger partial charge is 0.245 e. The minimum atomic E-state index is -3.57. The molecule has 0 aliphatic rings. The number of carbonyl (C=O) groups excluding carboxylic acids is 1. The number of amides is 1. The van der Waals surface area contributed by atoms with Gasteiger partial charge in [0.2, 0.25) is 5.91 Å². The van der Waals surface area contributed by atoms with Crippen molar-refractivity contribution in [3.05, 3.63) is 28.5 Å². The van der Waals surface area contributed by atoms with E-state index in [4.69, 9.17) is 0 Å². The van der Waals surface area contributed by atoms with Crippen LogP contribution in [0.1, 0.15) is 13.8 Å². The van der Waals surface area contributed by atoms with Gasteiger partial charge in [-0.15, -0.1) is 0 Å². The van der Waals surface area contributed by atoms with Crippen molar-refractivity contribution in [1.29, 1.82) is 0 Å². The average Bonchev–Trinajstić information content (AvgIpc) is 2.21. The summed E-state index contributed by atoms with van der Waals surface area (Å²) in [4.78, 5) is 11.9. The highest BCUT2D eigenvalue weighted by Crippen LogP contribution is 2.25. The van der Waals surface area contributed by atoms with E-state index in [0.29, 0.717) is 4.47 Å². The standard InChI is InChI=1S/C11H13BrFNO3S/c1-11(2,18(3,16)17)10(15)14-9-6-7(13)4-5-8(9)12/h4-6H,1-3H3,(H,14,15). The van der Waals surface area contributed by atoms with Gasteiger partial charge in [0.05, 0.1) is 5.69 Å². The molecule has 0 radical (unpaired) electrons. The van der Waals surface area contributed by atoms with Crippen LogP contribution in [0, 0.1) is 5.82 Å². The third-order valence-corrected chi connectivity index (χ3v) is 5.38. The maximum Gasteiger partial charge on any atom is 0.245 e. The number of carbonyl (C=O) groups is 1. The number of rotatable bonds is 3. The van der Waals surface area contributed by atoms with Crippen LogP contribution < -0.4 is 5.32 Å². The highest BCUT2D eigenvalue weighted by Gasteiger charge is 2.38. The Morgan fingerprint density at radius 1 is 1.39 bits per heavy atom. The minimum Gasteiger partial charge on any atom is -0.324 e. The van der Waals surface area contributed by atoms with Crippen molar-refractivity contribution in [1.82, 2.24) is 0 Å². The van der Waals surface area contributed by atoms with Gasteiger partial charge in [0.25, 0.3) is 0 Å². The molecule has 1 amide bonds. The maximum atomic E-state index is 13.0. The molecule has 0 aliphatic heterocycles. The summed E-state index contributed by atoms with van der Waals surface area (Å²) in [6.45, 7) is 2.59. The minimum absolute atomic E-state index is 0.191. The second kappa shape index (κ2) is 4.97. The van der Waals surface area contributed by atoms with Gasteiger partial charge in [-0.25, -0.2) is 12.8 Å². The second-order valence-corrected chi connectivity index (χ2v) is 7.78. The number of halogens is 2. The van der Waals surface area contributed by atoms with Crippen LogP contribution in [0.25, 0.3) is 0 Å². The molecule has 1 N–H and O–H groups in total. The van der Waals surface area contributed by atoms with Crippen LogP contribution in [0.2, 0.25) is 0 Å². The lowest BCUT2D eigenvalue weighted by Gasteiger charge is -2.21. The zero-order valence-corrected chi connectivity index (χ0v) is 12.5. The quantitative estimate of drug-likeness (QED) is 0.920. The fourth-order valence-electron chi connectivity index (χ4n) is 1.03. The number of hydrogen-bond acceptors (Lipinski definition) is 3. The van der Waals surface area contributed by atoms with Gasteiger partial charge in [0, 0.05) is 10.7 Å². The summed E-state index contributed by atoms with van der Waals surface area (Å²) in [6, 6.07) is 3.76. The van der Waals surface area contributed by atoms with Gasteiger partial charge in [0.1, 0.15) is 10.6 Å². The number of hydrogen-bond donors (Lipinski definition) is 1. The molecule has 0 aliphatic carbocycles. The van der Waals surface area contributed by atoms with Gasteiger partial charge >= 0.3 is 0 Å². The molecule has 1 aromatic rings. The number of nitrogens with one attached hydrogen (secondary N) is 1. The molecule has 0 saturated carbocycles. The van der Waals surface area contributed by atoms with E-state index >= 15 is 0 Å². The number of sulfone groups is 1. The predicted octanol–water partition coefficient (Wildman–Crippen LogP) is 2.35. The van der Waals surface area contributed by atoms with Crippen molar-refractivity contribution < 1.29 is 17.6 Å². The summed E-state index contributed by atoms with van der Waals surface area (Å²) in [7, 11) is -3.57. The average molecular weight is 338 g/mol. The van der Waals surface area contributed by atoms with Crippen LogP contribution in [-0.2, 0) is 14.6 Å². The lowest BCUT2D eigenvalue weighted by molar-refractivity contribution is -0.117. The summed E-state index contributed by atoms with van der Waals surface area (Å²) in [5, 5.41) is 2.39. The van der Waals surface area contributed by atoms with E-state index < -0.39 is 26.3 Å². The fraction of sp³-hybridized carbons (Fsp3) is 0.364. The Morgan fingerprint density at radius 3 is 2.44 bits per heavy atom. The highest BCUT2D eigenvalue weighted by atomic mass is 79.9. The summed E-state index contributed by atoms with van der Waals surface area (Å²) >= 11 is 3.15. The topological polar surface area (TPSA) is 63.2 Å². The Kier molecular flexibility index (Phi) is 4.17. The fourth-order valence-corrected chi connectivity index (χ4v) is 1.77. The molecule has 0 aromatic heterocycles. The predicted molar refractivity (Wildman–Crippen MR) is 71.7 cm³/mol. The molecule has 0 unspecified atom stereocenters. The molecule has 0 spiro atoms. The second-order valence-electron chi connectivity index (χ2n) is 4.36. The lowest BCUT2D eigenvalue weighted by Crippen LogP contribution is -2.43. The monoisotopic (exact) mass is 337 g/mol. The molecule has 0 heterocycles. The van der Waals surface area contributed by atoms with Crippen LogP contribution in [0.4, 0.5) is 10.1 Å². The Labute approximate surface area is 114 Å². The largest absolute Gasteiger partial charge is 0.324 e. The van der Waals surface area contributed by atoms with Crippen molar-refractivity contribution >= 4 is 37.4 Å². The van der Waals surface area contributed by atoms with E-state index in [1.807, 2.05) is 0 Å². The van der Waals surface area contributed by atoms with Crippen molar-refractivity contribution in [2.75, 3.05) is 11.6 Å². The van der Waals surface area contributed by atoms with Crippen LogP contribution in [0.3, 0.4) is 0 Å². The molecular weight excluding hydrogens is 325 g/mol. The zero-order valence-electron chi connectivity index (χ0n) is 10.1. The van der Waals surface area contributed by atoms with Gasteiger partial charge in [-0.3, -0.25) is 4.79 Å². The van der Waals surface area contributed by atoms with Crippen molar-refractivity contribution in [3.8, 4) is 0 Å². The van der Waals surface area contributed by atoms with Gasteiger partial charge in [0.15, 0.2) is 9.84 Å². The number of anilines is 1. The Hall–Kier alpha value is -0.950. The lowest BCUT2D eigenvalue weighted by atomic mass is 10.2. The van der Waals surface area contributed by atoms with Gasteiger partial charge in [-0.05, 0) is 48.0 Å². The van der Waals surface area contributed by atoms with Crippen LogP contribution in [-0.4, -0.2) is 25.3 Å². The molecule has 1 aromatic carbocycles. The van der Waals surface area contributed by atoms with Crippen molar-refractivity contribution in [2.24, 2.45) is 0 Å². The molecule has 100 valence electrons. The third kappa shape index (κ3) is 3.08. The molecule has 4 nitrogen and oxygen atoms in total. The van der Waals surface area contributed by atoms with E-state index in [1.54, 1.807) is 0 Å². The zero-order chi connectivity index (χ0) is 14.1. The molecular formula is C11H13BrFNO3S. The molecule has 1 rings (SSSR count). The summed E-state index contributed by atoms with van der Waals surface area (Å²) in [6.07, 6.45) is 0.979. The van der Waals surface area contributed by atoms with E-state index in [9.17, 15) is 17.6 Å². The van der Waals surface area contributed by atoms with Crippen LogP contribution in [0.5, 0.6) is 0 Å². The molecule has 7 heteroatoms. The maximum absolute atomic E-state index is 13.0. The van der Waals surface area contributed by atoms with E-state index in [-0.39, 0.29) is 5.69 Å². The molecule has 0 fully saturated rings. The van der Waals surface area contributed by atoms with Gasteiger partial charge in [-0.1, -0.05) is 0 Å². The van der Waals surface area contributed by atoms with Gasteiger partial charge < -0.3 is 5.32 Å². The van der Waals surface area contributed by atoms with Crippen molar-refractivity contribution in [2.45, 2.75) is 18.6 Å². The first-order valence-corrected chi connectivity index (χ1v) is 7.70. The van der Waals surface area contributed by atoms with E-state index in [0.717, 1.165) is 12.3 Å². The van der Waals surface area contributed by atoms with Gasteiger partial charge in [-0.2, -0.15) is 0 Å². The Bertz CT molecular complexity index is 584. The first-order valence-electron chi connectivity index (χ1n) is 5.02. The SMILES string of the molecule is CC(C)(C(=O)Nc1cc(F)ccc1Br)S(C)(=O)=O. The summed E-state index contributed by atoms with van der Waals surface area (Å²) in [5.41, 5.74) is 0.191. The van der Waals surface area contributed by atoms with Crippen LogP contribution in [0.15, 0.2) is 22.7 Å². The van der Waals surface area contributed by atoms with Crippen molar-refractivity contribution in [3.63, 3.8) is 0 Å². The summed E-state index contributed by atoms with van der Waals surface area (Å²) < 4.78 is 34.9. The Balaban J connectivity index is 3.06. The molecule has 0 bridgehead atoms. The first-order chi connectivity index (χ1) is 8.05. The first kappa shape index (κ1) is 15.1. The molecule has 0 atom stereocenters. The summed E-state index contributed by atoms with van der Waals surface area (Å²) in [5.74, 6) is -1.23. The highest BCUT2D eigenvalue weighted by molar-refractivity contribution is 9.10. The third-order valence-electron chi connectivity index (χ3n) is 2.65. The van der Waals surface area contributed by atoms with Crippen LogP contribution >= 0.6 is 15.9 Å². The van der Waals surface area contributed by atoms with E-state index in [2.05, 4.69) is 21.2 Å². The normalized spacial score (nSPS) is 12.3. The van der Waals surface area contributed by atoms with E-state index in [1.165, 1.54) is 26.0 Å².